The van der Waals surface area contributed by atoms with Crippen LogP contribution >= 0.6 is 0 Å². The molecule has 8 heteroatoms. The summed E-state index contributed by atoms with van der Waals surface area (Å²) in [4.78, 5) is 23.7. The number of halogens is 5. The van der Waals surface area contributed by atoms with E-state index < -0.39 is 18.1 Å². The third-order valence-electron chi connectivity index (χ3n) is 7.23. The second-order valence-corrected chi connectivity index (χ2v) is 8.66. The second kappa shape index (κ2) is 6.51. The molecule has 4 atom stereocenters. The van der Waals surface area contributed by atoms with Gasteiger partial charge in [-0.3, -0.25) is 4.79 Å². The van der Waals surface area contributed by atoms with Gasteiger partial charge in [0.05, 0.1) is 0 Å². The van der Waals surface area contributed by atoms with E-state index in [4.69, 9.17) is 0 Å². The molecule has 3 nitrogen and oxygen atoms in total. The summed E-state index contributed by atoms with van der Waals surface area (Å²) in [5.74, 6) is -7.26. The summed E-state index contributed by atoms with van der Waals surface area (Å²) in [6.07, 6.45) is -1.44. The Morgan fingerprint density at radius 1 is 1.10 bits per heavy atom. The molecule has 2 fully saturated rings. The standard InChI is InChI=1S/C21H21F5O3/c1-19-9-8-14-13-5-3-12(29-18(28)20(22,23)21(24,25)26)10-11(13)2-4-15(14)16(19)6-7-17(19)27/h3,5,10,14-16H,2,4,6-9H2,1H3. The zero-order chi connectivity index (χ0) is 21.2. The predicted molar refractivity (Wildman–Crippen MR) is 92.7 cm³/mol. The molecule has 0 spiro atoms. The van der Waals surface area contributed by atoms with Gasteiger partial charge in [-0.15, -0.1) is 0 Å². The Hall–Kier alpha value is -1.99. The fourth-order valence-electron chi connectivity index (χ4n) is 5.68. The fourth-order valence-corrected chi connectivity index (χ4v) is 5.68. The molecule has 0 bridgehead atoms. The molecule has 0 saturated heterocycles. The van der Waals surface area contributed by atoms with Crippen molar-refractivity contribution in [1.29, 1.82) is 0 Å². The van der Waals surface area contributed by atoms with E-state index in [9.17, 15) is 31.5 Å². The van der Waals surface area contributed by atoms with Crippen LogP contribution in [-0.4, -0.2) is 23.9 Å². The van der Waals surface area contributed by atoms with Gasteiger partial charge >= 0.3 is 18.1 Å². The first kappa shape index (κ1) is 20.3. The molecule has 1 aromatic carbocycles. The molecule has 0 radical (unpaired) electrons. The highest BCUT2D eigenvalue weighted by Crippen LogP contribution is 2.59. The number of alkyl halides is 5. The highest BCUT2D eigenvalue weighted by Gasteiger charge is 2.65. The minimum Gasteiger partial charge on any atom is -0.422 e. The topological polar surface area (TPSA) is 43.4 Å². The monoisotopic (exact) mass is 416 g/mol. The van der Waals surface area contributed by atoms with Gasteiger partial charge in [-0.2, -0.15) is 22.0 Å². The molecule has 4 unspecified atom stereocenters. The number of aryl methyl sites for hydroxylation is 1. The van der Waals surface area contributed by atoms with Crippen molar-refractivity contribution in [3.63, 3.8) is 0 Å². The molecule has 29 heavy (non-hydrogen) atoms. The van der Waals surface area contributed by atoms with Gasteiger partial charge in [0, 0.05) is 11.8 Å². The van der Waals surface area contributed by atoms with Gasteiger partial charge in [-0.25, -0.2) is 4.79 Å². The van der Waals surface area contributed by atoms with Crippen molar-refractivity contribution in [3.8, 4) is 5.75 Å². The Bertz CT molecular complexity index is 862. The summed E-state index contributed by atoms with van der Waals surface area (Å²) < 4.78 is 67.6. The first-order chi connectivity index (χ1) is 13.4. The molecule has 2 saturated carbocycles. The number of hydrogen-bond acceptors (Lipinski definition) is 3. The van der Waals surface area contributed by atoms with E-state index in [-0.39, 0.29) is 17.1 Å². The molecular formula is C21H21F5O3. The number of ether oxygens (including phenoxy) is 1. The lowest BCUT2D eigenvalue weighted by Crippen LogP contribution is -2.46. The molecule has 3 aliphatic carbocycles. The number of benzene rings is 1. The molecule has 0 aromatic heterocycles. The predicted octanol–water partition coefficient (Wildman–Crippen LogP) is 5.21. The average molecular weight is 416 g/mol. The molecule has 3 aliphatic rings. The fraction of sp³-hybridized carbons (Fsp3) is 0.619. The third-order valence-corrected chi connectivity index (χ3v) is 7.23. The molecule has 0 heterocycles. The maximum absolute atomic E-state index is 13.1. The number of fused-ring (bicyclic) bond motifs is 5. The summed E-state index contributed by atoms with van der Waals surface area (Å²) in [6.45, 7) is 2.06. The maximum atomic E-state index is 13.1. The van der Waals surface area contributed by atoms with Crippen LogP contribution in [0, 0.1) is 17.3 Å². The van der Waals surface area contributed by atoms with Crippen LogP contribution in [0.2, 0.25) is 0 Å². The molecule has 4 rings (SSSR count). The van der Waals surface area contributed by atoms with Crippen molar-refractivity contribution in [2.24, 2.45) is 17.3 Å². The number of esters is 1. The second-order valence-electron chi connectivity index (χ2n) is 8.66. The Balaban J connectivity index is 1.55. The summed E-state index contributed by atoms with van der Waals surface area (Å²) >= 11 is 0. The quantitative estimate of drug-likeness (QED) is 0.377. The van der Waals surface area contributed by atoms with Gasteiger partial charge in [-0.1, -0.05) is 13.0 Å². The minimum atomic E-state index is -6.00. The van der Waals surface area contributed by atoms with E-state index in [1.54, 1.807) is 6.07 Å². The minimum absolute atomic E-state index is 0.226. The van der Waals surface area contributed by atoms with Crippen LogP contribution in [0.3, 0.4) is 0 Å². The van der Waals surface area contributed by atoms with Crippen molar-refractivity contribution >= 4 is 11.8 Å². The Kier molecular flexibility index (Phi) is 4.55. The molecule has 0 amide bonds. The van der Waals surface area contributed by atoms with E-state index in [0.29, 0.717) is 30.5 Å². The molecular weight excluding hydrogens is 395 g/mol. The van der Waals surface area contributed by atoms with Crippen LogP contribution in [0.25, 0.3) is 0 Å². The van der Waals surface area contributed by atoms with Gasteiger partial charge in [0.15, 0.2) is 0 Å². The highest BCUT2D eigenvalue weighted by molar-refractivity contribution is 5.87. The Labute approximate surface area is 164 Å². The molecule has 0 aliphatic heterocycles. The van der Waals surface area contributed by atoms with Crippen molar-refractivity contribution in [3.05, 3.63) is 29.3 Å². The van der Waals surface area contributed by atoms with E-state index in [2.05, 4.69) is 11.7 Å². The Morgan fingerprint density at radius 3 is 2.52 bits per heavy atom. The van der Waals surface area contributed by atoms with E-state index in [1.165, 1.54) is 12.1 Å². The Morgan fingerprint density at radius 2 is 1.83 bits per heavy atom. The lowest BCUT2D eigenvalue weighted by molar-refractivity contribution is -0.276. The zero-order valence-electron chi connectivity index (χ0n) is 15.8. The number of rotatable bonds is 2. The van der Waals surface area contributed by atoms with Crippen LogP contribution < -0.4 is 4.74 Å². The van der Waals surface area contributed by atoms with Gasteiger partial charge in [-0.05, 0) is 73.1 Å². The maximum Gasteiger partial charge on any atom is 0.465 e. The molecule has 158 valence electrons. The van der Waals surface area contributed by atoms with Gasteiger partial charge < -0.3 is 4.74 Å². The van der Waals surface area contributed by atoms with E-state index in [0.717, 1.165) is 36.8 Å². The van der Waals surface area contributed by atoms with Crippen molar-refractivity contribution in [1.82, 2.24) is 0 Å². The van der Waals surface area contributed by atoms with E-state index in [1.807, 2.05) is 0 Å². The van der Waals surface area contributed by atoms with Crippen LogP contribution in [0.5, 0.6) is 5.75 Å². The van der Waals surface area contributed by atoms with Crippen molar-refractivity contribution < 1.29 is 36.3 Å². The summed E-state index contributed by atoms with van der Waals surface area (Å²) in [5.41, 5.74) is 1.56. The van der Waals surface area contributed by atoms with Crippen molar-refractivity contribution in [2.45, 2.75) is 63.5 Å². The smallest absolute Gasteiger partial charge is 0.422 e. The number of carbonyl (C=O) groups is 2. The first-order valence-corrected chi connectivity index (χ1v) is 9.78. The van der Waals surface area contributed by atoms with Crippen LogP contribution in [0.4, 0.5) is 22.0 Å². The van der Waals surface area contributed by atoms with Crippen molar-refractivity contribution in [2.75, 3.05) is 0 Å². The highest BCUT2D eigenvalue weighted by atomic mass is 19.4. The molecule has 1 aromatic rings. The first-order valence-electron chi connectivity index (χ1n) is 9.78. The van der Waals surface area contributed by atoms with Crippen LogP contribution in [-0.2, 0) is 16.0 Å². The number of ketones is 1. The van der Waals surface area contributed by atoms with E-state index >= 15 is 0 Å². The number of hydrogen-bond donors (Lipinski definition) is 0. The lowest BCUT2D eigenvalue weighted by Gasteiger charge is -2.48. The van der Waals surface area contributed by atoms with Gasteiger partial charge in [0.2, 0.25) is 0 Å². The average Bonchev–Trinajstić information content (AvgIpc) is 2.95. The zero-order valence-corrected chi connectivity index (χ0v) is 15.8. The third kappa shape index (κ3) is 3.06. The van der Waals surface area contributed by atoms with Gasteiger partial charge in [0.1, 0.15) is 11.5 Å². The molecule has 0 N–H and O–H groups in total. The summed E-state index contributed by atoms with van der Waals surface area (Å²) in [5, 5.41) is 0. The van der Waals surface area contributed by atoms with Crippen LogP contribution in [0.1, 0.15) is 56.1 Å². The summed E-state index contributed by atoms with van der Waals surface area (Å²) in [7, 11) is 0. The number of Topliss-reactive ketones (excluding diaryl/α,β-unsaturated/α-hetero) is 1. The van der Waals surface area contributed by atoms with Gasteiger partial charge in [0.25, 0.3) is 0 Å². The largest absolute Gasteiger partial charge is 0.465 e. The number of carbonyl (C=O) groups excluding carboxylic acids is 2. The summed E-state index contributed by atoms with van der Waals surface area (Å²) in [6, 6.07) is 4.34. The lowest BCUT2D eigenvalue weighted by atomic mass is 9.55. The normalized spacial score (nSPS) is 31.7. The SMILES string of the molecule is CC12CCC3c4ccc(OC(=O)C(F)(F)C(F)(F)F)cc4CCC3C1CCC2=O. The van der Waals surface area contributed by atoms with Crippen LogP contribution in [0.15, 0.2) is 18.2 Å².